The minimum absolute atomic E-state index is 0.0992. The number of nitrogens with one attached hydrogen (secondary N) is 2. The summed E-state index contributed by atoms with van der Waals surface area (Å²) in [7, 11) is 0. The van der Waals surface area contributed by atoms with Gasteiger partial charge in [0.25, 0.3) is 0 Å². The maximum Gasteiger partial charge on any atom is 0.220 e. The van der Waals surface area contributed by atoms with E-state index in [-0.39, 0.29) is 11.8 Å². The zero-order chi connectivity index (χ0) is 19.8. The van der Waals surface area contributed by atoms with E-state index in [1.54, 1.807) is 0 Å². The highest BCUT2D eigenvalue weighted by molar-refractivity contribution is 5.81. The third-order valence-corrected chi connectivity index (χ3v) is 5.90. The molecule has 1 fully saturated rings. The zero-order valence-corrected chi connectivity index (χ0v) is 16.7. The van der Waals surface area contributed by atoms with Gasteiger partial charge >= 0.3 is 0 Å². The Morgan fingerprint density at radius 2 is 1.93 bits per heavy atom. The Kier molecular flexibility index (Phi) is 4.66. The van der Waals surface area contributed by atoms with E-state index in [1.165, 1.54) is 23.8 Å². The zero-order valence-electron chi connectivity index (χ0n) is 16.7. The molecule has 1 unspecified atom stereocenters. The molecule has 1 aliphatic carbocycles. The molecule has 0 radical (unpaired) electrons. The van der Waals surface area contributed by atoms with Crippen molar-refractivity contribution in [3.05, 3.63) is 59.3 Å². The van der Waals surface area contributed by atoms with Crippen LogP contribution in [0, 0.1) is 12.8 Å². The smallest absolute Gasteiger partial charge is 0.220 e. The number of H-pyrrole nitrogens is 1. The molecule has 1 aliphatic heterocycles. The number of ether oxygens (including phenoxy) is 2. The highest BCUT2D eigenvalue weighted by Gasteiger charge is 2.34. The van der Waals surface area contributed by atoms with E-state index < -0.39 is 0 Å². The summed E-state index contributed by atoms with van der Waals surface area (Å²) in [5, 5.41) is 4.29. The Labute approximate surface area is 170 Å². The summed E-state index contributed by atoms with van der Waals surface area (Å²) in [6.45, 7) is 3.78. The molecular formula is C24H26N2O3. The molecule has 1 aromatic heterocycles. The van der Waals surface area contributed by atoms with Crippen molar-refractivity contribution in [1.82, 2.24) is 10.3 Å². The van der Waals surface area contributed by atoms with Crippen LogP contribution in [0.2, 0.25) is 0 Å². The minimum atomic E-state index is 0.0992. The number of carbonyl (C=O) groups is 1. The topological polar surface area (TPSA) is 63.4 Å². The Hall–Kier alpha value is -2.95. The van der Waals surface area contributed by atoms with Gasteiger partial charge in [-0.25, -0.2) is 0 Å². The molecule has 29 heavy (non-hydrogen) atoms. The monoisotopic (exact) mass is 390 g/mol. The fourth-order valence-corrected chi connectivity index (χ4v) is 4.26. The lowest BCUT2D eigenvalue weighted by atomic mass is 9.90. The van der Waals surface area contributed by atoms with Gasteiger partial charge in [0.1, 0.15) is 13.2 Å². The number of hydrogen-bond acceptors (Lipinski definition) is 3. The van der Waals surface area contributed by atoms with Gasteiger partial charge < -0.3 is 19.8 Å². The average molecular weight is 390 g/mol. The van der Waals surface area contributed by atoms with Gasteiger partial charge in [-0.05, 0) is 78.4 Å². The second-order valence-corrected chi connectivity index (χ2v) is 8.20. The van der Waals surface area contributed by atoms with E-state index in [2.05, 4.69) is 53.6 Å². The number of hydrogen-bond donors (Lipinski definition) is 2. The highest BCUT2D eigenvalue weighted by atomic mass is 16.6. The Morgan fingerprint density at radius 3 is 2.76 bits per heavy atom. The maximum absolute atomic E-state index is 12.7. The van der Waals surface area contributed by atoms with Crippen molar-refractivity contribution in [3.63, 3.8) is 0 Å². The lowest BCUT2D eigenvalue weighted by Crippen LogP contribution is -2.25. The Morgan fingerprint density at radius 1 is 1.10 bits per heavy atom. The Balaban J connectivity index is 1.25. The number of fused-ring (bicyclic) bond motifs is 2. The number of aromatic nitrogens is 1. The van der Waals surface area contributed by atoms with Gasteiger partial charge in [-0.3, -0.25) is 4.79 Å². The van der Waals surface area contributed by atoms with Crippen molar-refractivity contribution in [1.29, 1.82) is 0 Å². The third-order valence-electron chi connectivity index (χ3n) is 5.90. The predicted molar refractivity (Wildman–Crippen MR) is 112 cm³/mol. The summed E-state index contributed by atoms with van der Waals surface area (Å²) < 4.78 is 11.4. The SMILES string of the molecule is Cc1cc2cc(CNC(=O)CC(c3ccc4c(c3)OCCO4)C3CC3)ccc2[nH]1. The van der Waals surface area contributed by atoms with Crippen LogP contribution in [0.4, 0.5) is 0 Å². The quantitative estimate of drug-likeness (QED) is 0.654. The number of aromatic amines is 1. The molecule has 2 heterocycles. The number of rotatable bonds is 6. The number of carbonyl (C=O) groups excluding carboxylic acids is 1. The van der Waals surface area contributed by atoms with Crippen LogP contribution < -0.4 is 14.8 Å². The molecule has 0 spiro atoms. The van der Waals surface area contributed by atoms with Crippen LogP contribution in [0.1, 0.15) is 42.0 Å². The van der Waals surface area contributed by atoms with Crippen LogP contribution in [0.25, 0.3) is 10.9 Å². The molecular weight excluding hydrogens is 364 g/mol. The largest absolute Gasteiger partial charge is 0.486 e. The molecule has 2 aliphatic rings. The van der Waals surface area contributed by atoms with Crippen LogP contribution >= 0.6 is 0 Å². The lowest BCUT2D eigenvalue weighted by molar-refractivity contribution is -0.121. The first-order valence-corrected chi connectivity index (χ1v) is 10.4. The van der Waals surface area contributed by atoms with E-state index >= 15 is 0 Å². The molecule has 150 valence electrons. The number of benzene rings is 2. The van der Waals surface area contributed by atoms with E-state index in [1.807, 2.05) is 6.07 Å². The van der Waals surface area contributed by atoms with Gasteiger partial charge in [-0.1, -0.05) is 12.1 Å². The van der Waals surface area contributed by atoms with Crippen LogP contribution in [-0.4, -0.2) is 24.1 Å². The molecule has 3 aromatic rings. The predicted octanol–water partition coefficient (Wildman–Crippen LogP) is 4.45. The molecule has 0 saturated heterocycles. The van der Waals surface area contributed by atoms with Gasteiger partial charge in [-0.2, -0.15) is 0 Å². The molecule has 5 rings (SSSR count). The first-order valence-electron chi connectivity index (χ1n) is 10.4. The summed E-state index contributed by atoms with van der Waals surface area (Å²) in [5.41, 5.74) is 4.57. The normalized spacial score (nSPS) is 16.6. The van der Waals surface area contributed by atoms with Crippen molar-refractivity contribution in [3.8, 4) is 11.5 Å². The van der Waals surface area contributed by atoms with Crippen molar-refractivity contribution < 1.29 is 14.3 Å². The van der Waals surface area contributed by atoms with E-state index in [4.69, 9.17) is 9.47 Å². The first kappa shape index (κ1) is 18.1. The van der Waals surface area contributed by atoms with Crippen LogP contribution in [0.15, 0.2) is 42.5 Å². The van der Waals surface area contributed by atoms with E-state index in [9.17, 15) is 4.79 Å². The Bertz CT molecular complexity index is 1050. The second-order valence-electron chi connectivity index (χ2n) is 8.20. The highest BCUT2D eigenvalue weighted by Crippen LogP contribution is 2.46. The van der Waals surface area contributed by atoms with Crippen LogP contribution in [-0.2, 0) is 11.3 Å². The number of amides is 1. The second kappa shape index (κ2) is 7.47. The summed E-state index contributed by atoms with van der Waals surface area (Å²) in [6.07, 6.45) is 2.89. The van der Waals surface area contributed by atoms with Gasteiger partial charge in [0, 0.05) is 24.2 Å². The molecule has 5 heteroatoms. The molecule has 2 aromatic carbocycles. The van der Waals surface area contributed by atoms with E-state index in [0.717, 1.165) is 28.3 Å². The molecule has 1 amide bonds. The van der Waals surface area contributed by atoms with E-state index in [0.29, 0.717) is 32.1 Å². The van der Waals surface area contributed by atoms with Gasteiger partial charge in [0.15, 0.2) is 11.5 Å². The fourth-order valence-electron chi connectivity index (χ4n) is 4.26. The summed E-state index contributed by atoms with van der Waals surface area (Å²) in [4.78, 5) is 16.0. The van der Waals surface area contributed by atoms with Crippen molar-refractivity contribution in [2.24, 2.45) is 5.92 Å². The fraction of sp³-hybridized carbons (Fsp3) is 0.375. The molecule has 1 saturated carbocycles. The van der Waals surface area contributed by atoms with Gasteiger partial charge in [0.05, 0.1) is 0 Å². The molecule has 1 atom stereocenters. The summed E-state index contributed by atoms with van der Waals surface area (Å²) >= 11 is 0. The standard InChI is InChI=1S/C24H26N2O3/c1-15-10-19-11-16(2-6-21(19)26-15)14-25-24(27)13-20(17-3-4-17)18-5-7-22-23(12-18)29-9-8-28-22/h2,5-7,10-12,17,20,26H,3-4,8-9,13-14H2,1H3,(H,25,27). The van der Waals surface area contributed by atoms with Crippen molar-refractivity contribution >= 4 is 16.8 Å². The summed E-state index contributed by atoms with van der Waals surface area (Å²) in [5.74, 6) is 2.52. The van der Waals surface area contributed by atoms with Crippen molar-refractivity contribution in [2.75, 3.05) is 13.2 Å². The molecule has 2 N–H and O–H groups in total. The third kappa shape index (κ3) is 3.95. The number of aryl methyl sites for hydroxylation is 1. The maximum atomic E-state index is 12.7. The minimum Gasteiger partial charge on any atom is -0.486 e. The van der Waals surface area contributed by atoms with Gasteiger partial charge in [-0.15, -0.1) is 0 Å². The summed E-state index contributed by atoms with van der Waals surface area (Å²) in [6, 6.07) is 14.5. The average Bonchev–Trinajstić information content (AvgIpc) is 3.50. The molecule has 0 bridgehead atoms. The first-order chi connectivity index (χ1) is 14.2. The van der Waals surface area contributed by atoms with Crippen LogP contribution in [0.3, 0.4) is 0 Å². The molecule has 5 nitrogen and oxygen atoms in total. The van der Waals surface area contributed by atoms with Crippen LogP contribution in [0.5, 0.6) is 11.5 Å². The van der Waals surface area contributed by atoms with Gasteiger partial charge in [0.2, 0.25) is 5.91 Å². The lowest BCUT2D eigenvalue weighted by Gasteiger charge is -2.22. The van der Waals surface area contributed by atoms with Crippen molar-refractivity contribution in [2.45, 2.75) is 38.6 Å².